The van der Waals surface area contributed by atoms with Crippen LogP contribution in [0.2, 0.25) is 0 Å². The molecule has 0 bridgehead atoms. The number of amides is 2. The van der Waals surface area contributed by atoms with E-state index in [2.05, 4.69) is 5.32 Å². The molecule has 1 aromatic heterocycles. The van der Waals surface area contributed by atoms with Crippen molar-refractivity contribution in [3.05, 3.63) is 57.9 Å². The molecule has 2 amide bonds. The van der Waals surface area contributed by atoms with E-state index in [1.165, 1.54) is 16.4 Å². The second kappa shape index (κ2) is 6.62. The van der Waals surface area contributed by atoms with Crippen LogP contribution in [0.3, 0.4) is 0 Å². The molecular weight excluding hydrogens is 386 g/mol. The number of carbonyl (C=O) groups is 2. The first-order chi connectivity index (χ1) is 14.5. The van der Waals surface area contributed by atoms with Gasteiger partial charge < -0.3 is 24.6 Å². The summed E-state index contributed by atoms with van der Waals surface area (Å²) in [7, 11) is 0. The largest absolute Gasteiger partial charge is 0.506 e. The Morgan fingerprint density at radius 3 is 2.77 bits per heavy atom. The number of fused-ring (bicyclic) bond motifs is 1. The lowest BCUT2D eigenvalue weighted by atomic mass is 10.1. The molecule has 2 N–H and O–H groups in total. The first kappa shape index (κ1) is 18.2. The highest BCUT2D eigenvalue weighted by Crippen LogP contribution is 2.38. The Bertz CT molecular complexity index is 1290. The third kappa shape index (κ3) is 2.64. The van der Waals surface area contributed by atoms with Gasteiger partial charge in [0, 0.05) is 36.3 Å². The van der Waals surface area contributed by atoms with Crippen molar-refractivity contribution in [3.63, 3.8) is 0 Å². The minimum absolute atomic E-state index is 0.247. The number of anilines is 2. The number of hydrogen-bond donors (Lipinski definition) is 2. The number of pyridine rings is 1. The van der Waals surface area contributed by atoms with Crippen LogP contribution in [-0.2, 0) is 17.8 Å². The van der Waals surface area contributed by atoms with Gasteiger partial charge in [-0.15, -0.1) is 0 Å². The smallest absolute Gasteiger partial charge is 0.267 e. The number of aromatic hydroxyl groups is 1. The maximum Gasteiger partial charge on any atom is 0.267 e. The van der Waals surface area contributed by atoms with E-state index in [0.29, 0.717) is 29.9 Å². The van der Waals surface area contributed by atoms with E-state index in [1.807, 2.05) is 24.3 Å². The summed E-state index contributed by atoms with van der Waals surface area (Å²) < 4.78 is 7.12. The monoisotopic (exact) mass is 405 g/mol. The highest BCUT2D eigenvalue weighted by molar-refractivity contribution is 6.12. The lowest BCUT2D eigenvalue weighted by molar-refractivity contribution is -0.114. The lowest BCUT2D eigenvalue weighted by Gasteiger charge is -2.24. The van der Waals surface area contributed by atoms with Crippen LogP contribution in [0, 0.1) is 0 Å². The summed E-state index contributed by atoms with van der Waals surface area (Å²) in [4.78, 5) is 39.6. The summed E-state index contributed by atoms with van der Waals surface area (Å²) in [5.74, 6) is -0.846. The van der Waals surface area contributed by atoms with E-state index in [4.69, 9.17) is 4.74 Å². The normalized spacial score (nSPS) is 14.4. The van der Waals surface area contributed by atoms with Gasteiger partial charge in [-0.1, -0.05) is 18.2 Å². The zero-order valence-corrected chi connectivity index (χ0v) is 16.3. The second-order valence-corrected chi connectivity index (χ2v) is 7.42. The minimum atomic E-state index is -0.550. The van der Waals surface area contributed by atoms with E-state index in [1.54, 1.807) is 12.1 Å². The number of nitrogens with zero attached hydrogens (tertiary/aromatic N) is 2. The van der Waals surface area contributed by atoms with Crippen molar-refractivity contribution < 1.29 is 19.4 Å². The van der Waals surface area contributed by atoms with Crippen molar-refractivity contribution >= 4 is 34.1 Å². The first-order valence-electron chi connectivity index (χ1n) is 9.69. The van der Waals surface area contributed by atoms with Crippen LogP contribution in [0.5, 0.6) is 11.5 Å². The molecule has 3 aromatic rings. The fraction of sp³-hybridized carbons (Fsp3) is 0.227. The highest BCUT2D eigenvalue weighted by Gasteiger charge is 2.32. The summed E-state index contributed by atoms with van der Waals surface area (Å²) in [6.07, 6.45) is 0.690. The third-order valence-corrected chi connectivity index (χ3v) is 5.53. The summed E-state index contributed by atoms with van der Waals surface area (Å²) in [6.45, 7) is 2.32. The maximum absolute atomic E-state index is 13.4. The van der Waals surface area contributed by atoms with Crippen LogP contribution in [0.25, 0.3) is 10.9 Å². The molecule has 2 aliphatic heterocycles. The number of para-hydroxylation sites is 1. The topological polar surface area (TPSA) is 101 Å². The van der Waals surface area contributed by atoms with Gasteiger partial charge >= 0.3 is 0 Å². The Kier molecular flexibility index (Phi) is 4.02. The van der Waals surface area contributed by atoms with Crippen molar-refractivity contribution in [1.82, 2.24) is 4.57 Å². The Labute approximate surface area is 171 Å². The molecule has 0 radical (unpaired) electrons. The van der Waals surface area contributed by atoms with Crippen molar-refractivity contribution in [2.45, 2.75) is 19.9 Å². The van der Waals surface area contributed by atoms with E-state index in [9.17, 15) is 19.5 Å². The second-order valence-electron chi connectivity index (χ2n) is 7.42. The van der Waals surface area contributed by atoms with Crippen LogP contribution < -0.4 is 20.5 Å². The fourth-order valence-electron chi connectivity index (χ4n) is 4.26. The average molecular weight is 405 g/mol. The lowest BCUT2D eigenvalue weighted by Crippen LogP contribution is -2.37. The predicted octanol–water partition coefficient (Wildman–Crippen LogP) is 2.26. The quantitative estimate of drug-likeness (QED) is 0.681. The summed E-state index contributed by atoms with van der Waals surface area (Å²) in [5, 5.41) is 14.0. The molecule has 30 heavy (non-hydrogen) atoms. The summed E-state index contributed by atoms with van der Waals surface area (Å²) in [5.41, 5.74) is 1.78. The van der Waals surface area contributed by atoms with Crippen LogP contribution >= 0.6 is 0 Å². The Hall–Kier alpha value is -3.81. The molecule has 8 heteroatoms. The molecule has 0 spiro atoms. The predicted molar refractivity (Wildman–Crippen MR) is 111 cm³/mol. The van der Waals surface area contributed by atoms with Gasteiger partial charge in [-0.05, 0) is 24.1 Å². The Morgan fingerprint density at radius 1 is 1.17 bits per heavy atom. The van der Waals surface area contributed by atoms with E-state index < -0.39 is 17.2 Å². The van der Waals surface area contributed by atoms with Crippen molar-refractivity contribution in [1.29, 1.82) is 0 Å². The number of nitrogens with one attached hydrogen (secondary N) is 1. The van der Waals surface area contributed by atoms with Crippen molar-refractivity contribution in [3.8, 4) is 11.5 Å². The molecule has 0 unspecified atom stereocenters. The number of rotatable bonds is 2. The summed E-state index contributed by atoms with van der Waals surface area (Å²) in [6, 6.07) is 10.7. The zero-order chi connectivity index (χ0) is 21.0. The molecule has 5 rings (SSSR count). The number of ether oxygens (including phenoxy) is 1. The molecule has 152 valence electrons. The van der Waals surface area contributed by atoms with Crippen molar-refractivity contribution in [2.75, 3.05) is 23.4 Å². The van der Waals surface area contributed by atoms with Gasteiger partial charge in [0.15, 0.2) is 0 Å². The maximum atomic E-state index is 13.4. The summed E-state index contributed by atoms with van der Waals surface area (Å²) >= 11 is 0. The first-order valence-corrected chi connectivity index (χ1v) is 9.69. The molecule has 2 aromatic carbocycles. The Balaban J connectivity index is 1.73. The standard InChI is InChI=1S/C22H19N3O5/c1-12(26)23-14-10-15-19-17(11-14)30-9-8-25(19)22(29)18(20(15)27)21(28)24-7-6-13-4-2-3-5-16(13)24/h2-5,10-11,27H,6-9H2,1H3,(H,23,26). The molecule has 0 saturated carbocycles. The van der Waals surface area contributed by atoms with Gasteiger partial charge in [0.1, 0.15) is 23.7 Å². The van der Waals surface area contributed by atoms with E-state index in [-0.39, 0.29) is 30.0 Å². The molecule has 0 aliphatic carbocycles. The SMILES string of the molecule is CC(=O)Nc1cc2c3c(c1)c(O)c(C(=O)N1CCc4ccccc41)c(=O)n3CCO2. The van der Waals surface area contributed by atoms with Gasteiger partial charge in [-0.3, -0.25) is 14.4 Å². The average Bonchev–Trinajstić information content (AvgIpc) is 3.15. The van der Waals surface area contributed by atoms with Gasteiger partial charge in [-0.25, -0.2) is 0 Å². The van der Waals surface area contributed by atoms with E-state index >= 15 is 0 Å². The van der Waals surface area contributed by atoms with Gasteiger partial charge in [0.25, 0.3) is 11.5 Å². The molecule has 0 atom stereocenters. The van der Waals surface area contributed by atoms with E-state index in [0.717, 1.165) is 11.3 Å². The zero-order valence-electron chi connectivity index (χ0n) is 16.3. The van der Waals surface area contributed by atoms with Crippen LogP contribution in [0.1, 0.15) is 22.8 Å². The van der Waals surface area contributed by atoms with Gasteiger partial charge in [-0.2, -0.15) is 0 Å². The van der Waals surface area contributed by atoms with Crippen LogP contribution in [0.15, 0.2) is 41.2 Å². The van der Waals surface area contributed by atoms with Crippen LogP contribution in [0.4, 0.5) is 11.4 Å². The highest BCUT2D eigenvalue weighted by atomic mass is 16.5. The number of benzene rings is 2. The number of hydrogen-bond acceptors (Lipinski definition) is 5. The molecule has 2 aliphatic rings. The minimum Gasteiger partial charge on any atom is -0.506 e. The molecule has 0 saturated heterocycles. The fourth-order valence-corrected chi connectivity index (χ4v) is 4.26. The van der Waals surface area contributed by atoms with Gasteiger partial charge in [0.2, 0.25) is 5.91 Å². The van der Waals surface area contributed by atoms with Crippen molar-refractivity contribution in [2.24, 2.45) is 0 Å². The molecular formula is C22H19N3O5. The molecule has 8 nitrogen and oxygen atoms in total. The Morgan fingerprint density at radius 2 is 1.97 bits per heavy atom. The number of aromatic nitrogens is 1. The van der Waals surface area contributed by atoms with Gasteiger partial charge in [0.05, 0.1) is 12.1 Å². The number of carbonyl (C=O) groups excluding carboxylic acids is 2. The third-order valence-electron chi connectivity index (χ3n) is 5.53. The molecule has 0 fully saturated rings. The van der Waals surface area contributed by atoms with Crippen LogP contribution in [-0.4, -0.2) is 34.6 Å². The molecule has 3 heterocycles.